The number of sulfonamides is 1. The Bertz CT molecular complexity index is 758. The van der Waals surface area contributed by atoms with Crippen LogP contribution >= 0.6 is 22.6 Å². The van der Waals surface area contributed by atoms with E-state index in [1.807, 2.05) is 18.2 Å². The van der Waals surface area contributed by atoms with Crippen LogP contribution in [0.4, 0.5) is 5.69 Å². The lowest BCUT2D eigenvalue weighted by Gasteiger charge is -2.21. The van der Waals surface area contributed by atoms with E-state index in [4.69, 9.17) is 0 Å². The van der Waals surface area contributed by atoms with Gasteiger partial charge in [-0.15, -0.1) is 0 Å². The molecule has 6 heteroatoms. The molecule has 0 fully saturated rings. The van der Waals surface area contributed by atoms with E-state index in [0.29, 0.717) is 5.69 Å². The average molecular weight is 414 g/mol. The average Bonchev–Trinajstić information content (AvgIpc) is 2.48. The maximum Gasteiger partial charge on any atom is 0.261 e. The van der Waals surface area contributed by atoms with Gasteiger partial charge >= 0.3 is 0 Å². The van der Waals surface area contributed by atoms with Crippen LogP contribution in [0.25, 0.3) is 0 Å². The summed E-state index contributed by atoms with van der Waals surface area (Å²) in [4.78, 5) is 0.287. The monoisotopic (exact) mass is 414 g/mol. The number of rotatable bonds is 3. The molecule has 110 valence electrons. The zero-order valence-corrected chi connectivity index (χ0v) is 14.2. The first kappa shape index (κ1) is 14.8. The van der Waals surface area contributed by atoms with E-state index in [2.05, 4.69) is 32.6 Å². The van der Waals surface area contributed by atoms with Crippen molar-refractivity contribution >= 4 is 38.3 Å². The normalized spacial score (nSPS) is 14.5. The summed E-state index contributed by atoms with van der Waals surface area (Å²) < 4.78 is 28.7. The van der Waals surface area contributed by atoms with Crippen LogP contribution in [-0.4, -0.2) is 15.0 Å². The fourth-order valence-electron chi connectivity index (χ4n) is 2.44. The fraction of sp³-hybridized carbons (Fsp3) is 0.200. The Balaban J connectivity index is 1.94. The molecular weight excluding hydrogens is 399 g/mol. The van der Waals surface area contributed by atoms with Crippen molar-refractivity contribution in [3.05, 3.63) is 57.2 Å². The van der Waals surface area contributed by atoms with Crippen LogP contribution in [0.3, 0.4) is 0 Å². The summed E-state index contributed by atoms with van der Waals surface area (Å²) in [5.74, 6) is 0. The molecule has 0 aliphatic carbocycles. The van der Waals surface area contributed by atoms with Gasteiger partial charge in [-0.1, -0.05) is 12.1 Å². The fourth-order valence-corrected chi connectivity index (χ4v) is 3.90. The second kappa shape index (κ2) is 5.94. The lowest BCUT2D eigenvalue weighted by atomic mass is 9.99. The minimum absolute atomic E-state index is 0.287. The van der Waals surface area contributed by atoms with E-state index >= 15 is 0 Å². The summed E-state index contributed by atoms with van der Waals surface area (Å²) in [6, 6.07) is 12.6. The van der Waals surface area contributed by atoms with E-state index in [-0.39, 0.29) is 4.90 Å². The van der Waals surface area contributed by atoms with Crippen molar-refractivity contribution in [3.63, 3.8) is 0 Å². The van der Waals surface area contributed by atoms with Gasteiger partial charge in [-0.2, -0.15) is 0 Å². The molecule has 0 spiro atoms. The van der Waals surface area contributed by atoms with Crippen LogP contribution in [0.15, 0.2) is 47.4 Å². The van der Waals surface area contributed by atoms with Crippen LogP contribution in [0, 0.1) is 3.57 Å². The summed E-state index contributed by atoms with van der Waals surface area (Å²) in [6.07, 6.45) is 0.834. The first-order chi connectivity index (χ1) is 10.1. The summed E-state index contributed by atoms with van der Waals surface area (Å²) in [5, 5.41) is 3.29. The molecule has 21 heavy (non-hydrogen) atoms. The molecule has 2 aromatic carbocycles. The van der Waals surface area contributed by atoms with Crippen molar-refractivity contribution in [2.75, 3.05) is 11.3 Å². The Labute approximate surface area is 138 Å². The second-order valence-electron chi connectivity index (χ2n) is 4.93. The third-order valence-electron chi connectivity index (χ3n) is 3.51. The molecule has 2 aromatic rings. The minimum atomic E-state index is -3.54. The summed E-state index contributed by atoms with van der Waals surface area (Å²) in [6.45, 7) is 1.66. The third-order valence-corrected chi connectivity index (χ3v) is 5.61. The number of anilines is 1. The van der Waals surface area contributed by atoms with Gasteiger partial charge in [-0.25, -0.2) is 8.42 Å². The van der Waals surface area contributed by atoms with E-state index in [0.717, 1.165) is 34.2 Å². The molecular formula is C15H15IN2O2S. The van der Waals surface area contributed by atoms with Crippen LogP contribution in [0.2, 0.25) is 0 Å². The zero-order chi connectivity index (χ0) is 14.9. The molecule has 0 amide bonds. The highest BCUT2D eigenvalue weighted by Crippen LogP contribution is 2.25. The van der Waals surface area contributed by atoms with Gasteiger partial charge in [-0.05, 0) is 77.0 Å². The Morgan fingerprint density at radius 1 is 1.10 bits per heavy atom. The molecule has 3 rings (SSSR count). The van der Waals surface area contributed by atoms with E-state index in [1.54, 1.807) is 24.3 Å². The number of fused-ring (bicyclic) bond motifs is 1. The first-order valence-electron chi connectivity index (χ1n) is 6.66. The lowest BCUT2D eigenvalue weighted by molar-refractivity contribution is 0.600. The first-order valence-corrected chi connectivity index (χ1v) is 9.22. The molecule has 4 nitrogen and oxygen atoms in total. The van der Waals surface area contributed by atoms with Crippen molar-refractivity contribution in [1.29, 1.82) is 0 Å². The maximum atomic E-state index is 12.5. The quantitative estimate of drug-likeness (QED) is 0.760. The lowest BCUT2D eigenvalue weighted by Crippen LogP contribution is -2.25. The number of benzene rings is 2. The molecule has 0 saturated heterocycles. The van der Waals surface area contributed by atoms with Crippen molar-refractivity contribution in [1.82, 2.24) is 5.32 Å². The van der Waals surface area contributed by atoms with Crippen LogP contribution in [0.1, 0.15) is 11.1 Å². The highest BCUT2D eigenvalue weighted by molar-refractivity contribution is 14.1. The van der Waals surface area contributed by atoms with E-state index in [1.165, 1.54) is 0 Å². The molecule has 0 saturated carbocycles. The highest BCUT2D eigenvalue weighted by atomic mass is 127. The maximum absolute atomic E-state index is 12.5. The predicted molar refractivity (Wildman–Crippen MR) is 91.8 cm³/mol. The number of halogens is 1. The molecule has 0 radical (unpaired) electrons. The van der Waals surface area contributed by atoms with Gasteiger partial charge in [0.05, 0.1) is 10.6 Å². The van der Waals surface area contributed by atoms with Crippen LogP contribution in [0.5, 0.6) is 0 Å². The highest BCUT2D eigenvalue weighted by Gasteiger charge is 2.18. The van der Waals surface area contributed by atoms with Gasteiger partial charge in [0, 0.05) is 10.1 Å². The van der Waals surface area contributed by atoms with Gasteiger partial charge in [0.15, 0.2) is 0 Å². The van der Waals surface area contributed by atoms with Crippen molar-refractivity contribution in [3.8, 4) is 0 Å². The Hall–Kier alpha value is -1.12. The molecule has 1 aliphatic rings. The van der Waals surface area contributed by atoms with E-state index in [9.17, 15) is 8.42 Å². The van der Waals surface area contributed by atoms with Gasteiger partial charge in [-0.3, -0.25) is 4.72 Å². The van der Waals surface area contributed by atoms with Crippen molar-refractivity contribution < 1.29 is 8.42 Å². The SMILES string of the molecule is O=S(=O)(Nc1cccc2c1CCNC2)c1ccc(I)cc1. The Morgan fingerprint density at radius 3 is 2.62 bits per heavy atom. The largest absolute Gasteiger partial charge is 0.312 e. The zero-order valence-electron chi connectivity index (χ0n) is 11.3. The minimum Gasteiger partial charge on any atom is -0.312 e. The van der Waals surface area contributed by atoms with Crippen molar-refractivity contribution in [2.45, 2.75) is 17.9 Å². The van der Waals surface area contributed by atoms with Gasteiger partial charge < -0.3 is 5.32 Å². The van der Waals surface area contributed by atoms with Crippen molar-refractivity contribution in [2.24, 2.45) is 0 Å². The Morgan fingerprint density at radius 2 is 1.86 bits per heavy atom. The molecule has 0 aromatic heterocycles. The topological polar surface area (TPSA) is 58.2 Å². The third kappa shape index (κ3) is 3.22. The van der Waals surface area contributed by atoms with Gasteiger partial charge in [0.2, 0.25) is 0 Å². The molecule has 0 atom stereocenters. The summed E-state index contributed by atoms with van der Waals surface area (Å²) in [7, 11) is -3.54. The van der Waals surface area contributed by atoms with E-state index < -0.39 is 10.0 Å². The molecule has 1 aliphatic heterocycles. The number of hydrogen-bond acceptors (Lipinski definition) is 3. The van der Waals surface area contributed by atoms with Crippen LogP contribution in [-0.2, 0) is 23.0 Å². The molecule has 0 bridgehead atoms. The number of hydrogen-bond donors (Lipinski definition) is 2. The predicted octanol–water partition coefficient (Wildman–Crippen LogP) is 2.74. The smallest absolute Gasteiger partial charge is 0.261 e. The Kier molecular flexibility index (Phi) is 4.19. The molecule has 2 N–H and O–H groups in total. The molecule has 0 unspecified atom stereocenters. The summed E-state index contributed by atoms with van der Waals surface area (Å²) in [5.41, 5.74) is 2.93. The second-order valence-corrected chi connectivity index (χ2v) is 7.86. The molecule has 1 heterocycles. The van der Waals surface area contributed by atoms with Crippen LogP contribution < -0.4 is 10.0 Å². The standard InChI is InChI=1S/C15H15IN2O2S/c16-12-4-6-13(7-5-12)21(19,20)18-15-3-1-2-11-10-17-9-8-14(11)15/h1-7,17-18H,8-10H2. The summed E-state index contributed by atoms with van der Waals surface area (Å²) >= 11 is 2.15. The van der Waals surface area contributed by atoms with Gasteiger partial charge in [0.25, 0.3) is 10.0 Å². The number of nitrogens with one attached hydrogen (secondary N) is 2. The van der Waals surface area contributed by atoms with Gasteiger partial charge in [0.1, 0.15) is 0 Å².